The highest BCUT2D eigenvalue weighted by Gasteiger charge is 2.35. The number of rotatable bonds is 1. The second-order valence-corrected chi connectivity index (χ2v) is 6.75. The number of hydrogen-bond acceptors (Lipinski definition) is 1. The molecule has 1 aromatic rings. The van der Waals surface area contributed by atoms with Gasteiger partial charge in [-0.25, -0.2) is 4.79 Å². The van der Waals surface area contributed by atoms with Crippen LogP contribution < -0.4 is 5.32 Å². The number of nitrogens with zero attached hydrogens (tertiary/aromatic N) is 1. The summed E-state index contributed by atoms with van der Waals surface area (Å²) in [5.74, 6) is 0.708. The SMILES string of the molecule is Cc1ccc(NC(=O)N2CCCC3CCCCC32)cc1Cl. The molecule has 0 radical (unpaired) electrons. The van der Waals surface area contributed by atoms with Crippen LogP contribution in [0.3, 0.4) is 0 Å². The maximum atomic E-state index is 12.6. The topological polar surface area (TPSA) is 32.3 Å². The van der Waals surface area contributed by atoms with Crippen molar-refractivity contribution < 1.29 is 4.79 Å². The van der Waals surface area contributed by atoms with Gasteiger partial charge in [0.25, 0.3) is 0 Å². The number of likely N-dealkylation sites (tertiary alicyclic amines) is 1. The van der Waals surface area contributed by atoms with Crippen molar-refractivity contribution >= 4 is 23.3 Å². The van der Waals surface area contributed by atoms with Gasteiger partial charge in [-0.1, -0.05) is 30.5 Å². The molecule has 1 aromatic carbocycles. The lowest BCUT2D eigenvalue weighted by atomic mass is 9.78. The number of amides is 2. The van der Waals surface area contributed by atoms with Crippen molar-refractivity contribution in [2.45, 2.75) is 51.5 Å². The van der Waals surface area contributed by atoms with E-state index in [1.165, 1.54) is 25.7 Å². The van der Waals surface area contributed by atoms with Crippen LogP contribution in [0.4, 0.5) is 10.5 Å². The van der Waals surface area contributed by atoms with E-state index >= 15 is 0 Å². The fraction of sp³-hybridized carbons (Fsp3) is 0.588. The van der Waals surface area contributed by atoms with Gasteiger partial charge >= 0.3 is 6.03 Å². The van der Waals surface area contributed by atoms with Crippen LogP contribution in [0.15, 0.2) is 18.2 Å². The Labute approximate surface area is 131 Å². The number of nitrogens with one attached hydrogen (secondary N) is 1. The molecule has 2 amide bonds. The van der Waals surface area contributed by atoms with Crippen molar-refractivity contribution in [2.24, 2.45) is 5.92 Å². The maximum absolute atomic E-state index is 12.6. The summed E-state index contributed by atoms with van der Waals surface area (Å²) in [6.07, 6.45) is 7.43. The Morgan fingerprint density at radius 2 is 2.00 bits per heavy atom. The molecule has 0 bridgehead atoms. The van der Waals surface area contributed by atoms with E-state index in [9.17, 15) is 4.79 Å². The molecule has 1 saturated carbocycles. The molecule has 4 heteroatoms. The van der Waals surface area contributed by atoms with Crippen LogP contribution in [-0.4, -0.2) is 23.5 Å². The first-order valence-electron chi connectivity index (χ1n) is 7.99. The van der Waals surface area contributed by atoms with E-state index < -0.39 is 0 Å². The van der Waals surface area contributed by atoms with Gasteiger partial charge in [-0.05, 0) is 56.2 Å². The Balaban J connectivity index is 1.70. The highest BCUT2D eigenvalue weighted by Crippen LogP contribution is 2.35. The Bertz CT molecular complexity index is 530. The molecule has 21 heavy (non-hydrogen) atoms. The summed E-state index contributed by atoms with van der Waals surface area (Å²) in [6, 6.07) is 6.16. The summed E-state index contributed by atoms with van der Waals surface area (Å²) in [5.41, 5.74) is 1.81. The number of benzene rings is 1. The largest absolute Gasteiger partial charge is 0.322 e. The Hall–Kier alpha value is -1.22. The average Bonchev–Trinajstić information content (AvgIpc) is 2.50. The molecule has 0 aromatic heterocycles. The fourth-order valence-electron chi connectivity index (χ4n) is 3.74. The molecular formula is C17H23ClN2O. The zero-order valence-corrected chi connectivity index (χ0v) is 13.3. The van der Waals surface area contributed by atoms with Gasteiger partial charge in [-0.2, -0.15) is 0 Å². The number of aryl methyl sites for hydroxylation is 1. The third-order valence-electron chi connectivity index (χ3n) is 4.93. The summed E-state index contributed by atoms with van der Waals surface area (Å²) in [6.45, 7) is 2.85. The van der Waals surface area contributed by atoms with Crippen molar-refractivity contribution in [1.82, 2.24) is 4.90 Å². The molecule has 2 unspecified atom stereocenters. The molecule has 114 valence electrons. The number of urea groups is 1. The van der Waals surface area contributed by atoms with E-state index in [-0.39, 0.29) is 6.03 Å². The predicted molar refractivity (Wildman–Crippen MR) is 86.9 cm³/mol. The van der Waals surface area contributed by atoms with E-state index in [2.05, 4.69) is 10.2 Å². The Morgan fingerprint density at radius 1 is 1.24 bits per heavy atom. The molecule has 1 heterocycles. The van der Waals surface area contributed by atoms with Gasteiger partial charge in [0.15, 0.2) is 0 Å². The van der Waals surface area contributed by atoms with E-state index in [1.54, 1.807) is 0 Å². The normalized spacial score (nSPS) is 25.3. The standard InChI is InChI=1S/C17H23ClN2O/c1-12-8-9-14(11-15(12)18)19-17(21)20-10-4-6-13-5-2-3-7-16(13)20/h8-9,11,13,16H,2-7,10H2,1H3,(H,19,21). The second kappa shape index (κ2) is 6.27. The minimum Gasteiger partial charge on any atom is -0.321 e. The second-order valence-electron chi connectivity index (χ2n) is 6.34. The molecule has 2 fully saturated rings. The van der Waals surface area contributed by atoms with Crippen LogP contribution in [-0.2, 0) is 0 Å². The molecule has 2 aliphatic rings. The number of halogens is 1. The molecule has 0 spiro atoms. The fourth-order valence-corrected chi connectivity index (χ4v) is 3.92. The number of hydrogen-bond donors (Lipinski definition) is 1. The zero-order valence-electron chi connectivity index (χ0n) is 12.6. The zero-order chi connectivity index (χ0) is 14.8. The minimum atomic E-state index is 0.0338. The number of piperidine rings is 1. The van der Waals surface area contributed by atoms with Gasteiger partial charge < -0.3 is 10.2 Å². The third-order valence-corrected chi connectivity index (χ3v) is 5.33. The average molecular weight is 307 g/mol. The monoisotopic (exact) mass is 306 g/mol. The van der Waals surface area contributed by atoms with Crippen molar-refractivity contribution in [3.63, 3.8) is 0 Å². The van der Waals surface area contributed by atoms with Crippen LogP contribution >= 0.6 is 11.6 Å². The molecule has 1 aliphatic heterocycles. The number of fused-ring (bicyclic) bond motifs is 1. The summed E-state index contributed by atoms with van der Waals surface area (Å²) < 4.78 is 0. The quantitative estimate of drug-likeness (QED) is 0.791. The molecule has 3 nitrogen and oxygen atoms in total. The first kappa shape index (κ1) is 14.7. The van der Waals surface area contributed by atoms with Crippen LogP contribution in [0.2, 0.25) is 5.02 Å². The molecule has 2 atom stereocenters. The Morgan fingerprint density at radius 3 is 2.81 bits per heavy atom. The first-order valence-corrected chi connectivity index (χ1v) is 8.37. The van der Waals surface area contributed by atoms with E-state index in [1.807, 2.05) is 25.1 Å². The molecule has 1 saturated heterocycles. The summed E-state index contributed by atoms with van der Waals surface area (Å²) >= 11 is 6.13. The number of carbonyl (C=O) groups is 1. The third kappa shape index (κ3) is 3.18. The summed E-state index contributed by atoms with van der Waals surface area (Å²) in [7, 11) is 0. The van der Waals surface area contributed by atoms with Crippen LogP contribution in [0.5, 0.6) is 0 Å². The lowest BCUT2D eigenvalue weighted by Gasteiger charge is -2.44. The summed E-state index contributed by atoms with van der Waals surface area (Å²) in [4.78, 5) is 14.6. The van der Waals surface area contributed by atoms with Crippen molar-refractivity contribution in [1.29, 1.82) is 0 Å². The van der Waals surface area contributed by atoms with Crippen LogP contribution in [0, 0.1) is 12.8 Å². The van der Waals surface area contributed by atoms with E-state index in [0.717, 1.165) is 30.6 Å². The van der Waals surface area contributed by atoms with Gasteiger partial charge in [0.2, 0.25) is 0 Å². The highest BCUT2D eigenvalue weighted by atomic mass is 35.5. The number of anilines is 1. The maximum Gasteiger partial charge on any atom is 0.322 e. The predicted octanol–water partition coefficient (Wildman–Crippen LogP) is 4.83. The lowest BCUT2D eigenvalue weighted by molar-refractivity contribution is 0.0909. The van der Waals surface area contributed by atoms with Gasteiger partial charge in [0.1, 0.15) is 0 Å². The van der Waals surface area contributed by atoms with E-state index in [4.69, 9.17) is 11.6 Å². The van der Waals surface area contributed by atoms with Crippen molar-refractivity contribution in [3.8, 4) is 0 Å². The minimum absolute atomic E-state index is 0.0338. The van der Waals surface area contributed by atoms with Crippen LogP contribution in [0.25, 0.3) is 0 Å². The Kier molecular flexibility index (Phi) is 4.39. The van der Waals surface area contributed by atoms with E-state index in [0.29, 0.717) is 17.0 Å². The highest BCUT2D eigenvalue weighted by molar-refractivity contribution is 6.31. The van der Waals surface area contributed by atoms with Gasteiger partial charge in [-0.3, -0.25) is 0 Å². The molecule has 1 aliphatic carbocycles. The molecule has 1 N–H and O–H groups in total. The van der Waals surface area contributed by atoms with Gasteiger partial charge in [0, 0.05) is 23.3 Å². The summed E-state index contributed by atoms with van der Waals surface area (Å²) in [5, 5.41) is 3.71. The number of carbonyl (C=O) groups excluding carboxylic acids is 1. The van der Waals surface area contributed by atoms with Gasteiger partial charge in [0.05, 0.1) is 0 Å². The van der Waals surface area contributed by atoms with Gasteiger partial charge in [-0.15, -0.1) is 0 Å². The van der Waals surface area contributed by atoms with Crippen LogP contribution in [0.1, 0.15) is 44.1 Å². The van der Waals surface area contributed by atoms with Crippen molar-refractivity contribution in [3.05, 3.63) is 28.8 Å². The smallest absolute Gasteiger partial charge is 0.321 e. The first-order chi connectivity index (χ1) is 10.1. The molecule has 3 rings (SSSR count). The lowest BCUT2D eigenvalue weighted by Crippen LogP contribution is -2.51. The van der Waals surface area contributed by atoms with Crippen molar-refractivity contribution in [2.75, 3.05) is 11.9 Å². The molecular weight excluding hydrogens is 284 g/mol.